The molecule has 0 aromatic rings. The van der Waals surface area contributed by atoms with Gasteiger partial charge in [-0.25, -0.2) is 0 Å². The molecule has 2 saturated carbocycles. The molecule has 7 nitrogen and oxygen atoms in total. The number of rotatable bonds is 5. The Morgan fingerprint density at radius 2 is 1.55 bits per heavy atom. The molecule has 3 rings (SSSR count). The van der Waals surface area contributed by atoms with Crippen LogP contribution in [0.5, 0.6) is 0 Å². The first-order valence-corrected chi connectivity index (χ1v) is 11.2. The lowest BCUT2D eigenvalue weighted by molar-refractivity contribution is -0.135. The lowest BCUT2D eigenvalue weighted by Gasteiger charge is -2.26. The first kappa shape index (κ1) is 24.2. The summed E-state index contributed by atoms with van der Waals surface area (Å²) >= 11 is 0. The van der Waals surface area contributed by atoms with Crippen LogP contribution < -0.4 is 16.0 Å². The Bertz CT molecular complexity index is 559. The molecule has 1 heterocycles. The Hall–Kier alpha value is -1.06. The summed E-state index contributed by atoms with van der Waals surface area (Å²) in [5.41, 5.74) is 0. The van der Waals surface area contributed by atoms with Gasteiger partial charge in [-0.3, -0.25) is 14.6 Å². The predicted molar refractivity (Wildman–Crippen MR) is 126 cm³/mol. The number of amides is 2. The predicted octanol–water partition coefficient (Wildman–Crippen LogP) is 2.40. The average molecular weight is 519 g/mol. The van der Waals surface area contributed by atoms with Gasteiger partial charge in [-0.2, -0.15) is 0 Å². The minimum atomic E-state index is 0. The zero-order valence-electron chi connectivity index (χ0n) is 17.8. The van der Waals surface area contributed by atoms with Gasteiger partial charge in [0.15, 0.2) is 5.96 Å². The van der Waals surface area contributed by atoms with Crippen molar-refractivity contribution < 1.29 is 9.59 Å². The van der Waals surface area contributed by atoms with Crippen LogP contribution in [0.1, 0.15) is 70.6 Å². The van der Waals surface area contributed by atoms with Gasteiger partial charge in [-0.15, -0.1) is 24.0 Å². The quantitative estimate of drug-likeness (QED) is 0.296. The van der Waals surface area contributed by atoms with E-state index in [1.807, 2.05) is 4.90 Å². The van der Waals surface area contributed by atoms with Crippen LogP contribution in [0.15, 0.2) is 4.99 Å². The molecule has 1 saturated heterocycles. The third-order valence-electron chi connectivity index (χ3n) is 6.41. The second-order valence-electron chi connectivity index (χ2n) is 8.58. The number of halogens is 1. The molecular weight excluding hydrogens is 481 g/mol. The molecule has 1 atom stereocenters. The van der Waals surface area contributed by atoms with Crippen molar-refractivity contribution in [2.45, 2.75) is 82.7 Å². The van der Waals surface area contributed by atoms with Crippen molar-refractivity contribution in [3.05, 3.63) is 0 Å². The number of aliphatic imine (C=N–C) groups is 1. The molecule has 8 heteroatoms. The van der Waals surface area contributed by atoms with E-state index in [1.165, 1.54) is 38.5 Å². The monoisotopic (exact) mass is 519 g/mol. The molecule has 2 amide bonds. The SMILES string of the molecule is CN=C(NCC(=O)NC1CCCCC1)NC1CCN(C(=O)C2CCCCC2)C1.I. The molecule has 166 valence electrons. The van der Waals surface area contributed by atoms with Crippen LogP contribution in [0.2, 0.25) is 0 Å². The third-order valence-corrected chi connectivity index (χ3v) is 6.41. The number of carbonyl (C=O) groups is 2. The number of nitrogens with zero attached hydrogens (tertiary/aromatic N) is 2. The van der Waals surface area contributed by atoms with Gasteiger partial charge in [0.05, 0.1) is 6.54 Å². The summed E-state index contributed by atoms with van der Waals surface area (Å²) in [7, 11) is 1.72. The van der Waals surface area contributed by atoms with Gasteiger partial charge >= 0.3 is 0 Å². The second kappa shape index (κ2) is 12.6. The Kier molecular flexibility index (Phi) is 10.5. The van der Waals surface area contributed by atoms with Crippen molar-refractivity contribution in [2.75, 3.05) is 26.7 Å². The summed E-state index contributed by atoms with van der Waals surface area (Å²) in [6.07, 6.45) is 12.5. The molecule has 2 aliphatic carbocycles. The Balaban J connectivity index is 0.00000300. The summed E-state index contributed by atoms with van der Waals surface area (Å²) < 4.78 is 0. The van der Waals surface area contributed by atoms with E-state index in [0.29, 0.717) is 17.9 Å². The maximum atomic E-state index is 12.7. The fourth-order valence-corrected chi connectivity index (χ4v) is 4.76. The summed E-state index contributed by atoms with van der Waals surface area (Å²) in [5, 5.41) is 9.61. The number of guanidine groups is 1. The average Bonchev–Trinajstić information content (AvgIpc) is 3.20. The number of likely N-dealkylation sites (tertiary alicyclic amines) is 1. The van der Waals surface area contributed by atoms with E-state index in [-0.39, 0.29) is 48.4 Å². The van der Waals surface area contributed by atoms with Gasteiger partial charge in [0, 0.05) is 38.1 Å². The summed E-state index contributed by atoms with van der Waals surface area (Å²) in [6, 6.07) is 0.521. The molecule has 1 unspecified atom stereocenters. The van der Waals surface area contributed by atoms with Crippen LogP contribution in [0.4, 0.5) is 0 Å². The highest BCUT2D eigenvalue weighted by molar-refractivity contribution is 14.0. The molecule has 3 aliphatic rings. The molecule has 0 bridgehead atoms. The fourth-order valence-electron chi connectivity index (χ4n) is 4.76. The zero-order chi connectivity index (χ0) is 19.8. The number of carbonyl (C=O) groups excluding carboxylic acids is 2. The lowest BCUT2D eigenvalue weighted by Crippen LogP contribution is -2.49. The first-order chi connectivity index (χ1) is 13.7. The van der Waals surface area contributed by atoms with Crippen molar-refractivity contribution in [3.63, 3.8) is 0 Å². The van der Waals surface area contributed by atoms with E-state index in [1.54, 1.807) is 7.05 Å². The van der Waals surface area contributed by atoms with E-state index in [2.05, 4.69) is 20.9 Å². The molecule has 3 N–H and O–H groups in total. The standard InChI is InChI=1S/C21H37N5O2.HI/c1-22-21(23-14-19(27)24-17-10-6-3-7-11-17)25-18-12-13-26(15-18)20(28)16-8-4-2-5-9-16;/h16-18H,2-15H2,1H3,(H,24,27)(H2,22,23,25);1H. The maximum absolute atomic E-state index is 12.7. The van der Waals surface area contributed by atoms with Gasteiger partial charge in [0.2, 0.25) is 11.8 Å². The summed E-state index contributed by atoms with van der Waals surface area (Å²) in [5.74, 6) is 1.22. The Morgan fingerprint density at radius 3 is 2.21 bits per heavy atom. The molecule has 0 spiro atoms. The van der Waals surface area contributed by atoms with Crippen LogP contribution in [0.25, 0.3) is 0 Å². The highest BCUT2D eigenvalue weighted by Gasteiger charge is 2.31. The van der Waals surface area contributed by atoms with E-state index in [9.17, 15) is 9.59 Å². The Labute approximate surface area is 192 Å². The molecule has 3 fully saturated rings. The Morgan fingerprint density at radius 1 is 0.897 bits per heavy atom. The van der Waals surface area contributed by atoms with Crippen LogP contribution in [-0.2, 0) is 9.59 Å². The number of nitrogens with one attached hydrogen (secondary N) is 3. The van der Waals surface area contributed by atoms with Crippen LogP contribution >= 0.6 is 24.0 Å². The van der Waals surface area contributed by atoms with Gasteiger partial charge in [0.25, 0.3) is 0 Å². The first-order valence-electron chi connectivity index (χ1n) is 11.2. The van der Waals surface area contributed by atoms with Gasteiger partial charge in [-0.1, -0.05) is 38.5 Å². The molecule has 0 radical (unpaired) electrons. The number of hydrogen-bond acceptors (Lipinski definition) is 3. The van der Waals surface area contributed by atoms with E-state index in [4.69, 9.17) is 0 Å². The minimum Gasteiger partial charge on any atom is -0.352 e. The number of hydrogen-bond donors (Lipinski definition) is 3. The van der Waals surface area contributed by atoms with Crippen molar-refractivity contribution in [1.29, 1.82) is 0 Å². The summed E-state index contributed by atoms with van der Waals surface area (Å²) in [6.45, 7) is 1.77. The lowest BCUT2D eigenvalue weighted by atomic mass is 9.88. The highest BCUT2D eigenvalue weighted by Crippen LogP contribution is 2.26. The van der Waals surface area contributed by atoms with E-state index >= 15 is 0 Å². The van der Waals surface area contributed by atoms with Gasteiger partial charge < -0.3 is 20.9 Å². The van der Waals surface area contributed by atoms with Gasteiger partial charge in [-0.05, 0) is 32.1 Å². The van der Waals surface area contributed by atoms with Crippen LogP contribution in [0.3, 0.4) is 0 Å². The normalized spacial score (nSPS) is 24.0. The molecule has 1 aliphatic heterocycles. The largest absolute Gasteiger partial charge is 0.352 e. The maximum Gasteiger partial charge on any atom is 0.239 e. The zero-order valence-corrected chi connectivity index (χ0v) is 20.1. The highest BCUT2D eigenvalue weighted by atomic mass is 127. The van der Waals surface area contributed by atoms with Crippen molar-refractivity contribution in [3.8, 4) is 0 Å². The second-order valence-corrected chi connectivity index (χ2v) is 8.58. The van der Waals surface area contributed by atoms with E-state index < -0.39 is 0 Å². The third kappa shape index (κ3) is 7.61. The molecular formula is C21H38IN5O2. The summed E-state index contributed by atoms with van der Waals surface area (Å²) in [4.78, 5) is 31.1. The molecule has 0 aromatic carbocycles. The van der Waals surface area contributed by atoms with Crippen molar-refractivity contribution in [2.24, 2.45) is 10.9 Å². The smallest absolute Gasteiger partial charge is 0.239 e. The van der Waals surface area contributed by atoms with E-state index in [0.717, 1.165) is 45.2 Å². The van der Waals surface area contributed by atoms with Crippen LogP contribution in [0, 0.1) is 5.92 Å². The molecule has 0 aromatic heterocycles. The van der Waals surface area contributed by atoms with Crippen molar-refractivity contribution in [1.82, 2.24) is 20.9 Å². The fraction of sp³-hybridized carbons (Fsp3) is 0.857. The topological polar surface area (TPSA) is 85.8 Å². The van der Waals surface area contributed by atoms with Gasteiger partial charge in [0.1, 0.15) is 0 Å². The minimum absolute atomic E-state index is 0. The molecule has 29 heavy (non-hydrogen) atoms. The van der Waals surface area contributed by atoms with Crippen LogP contribution in [-0.4, -0.2) is 61.4 Å². The van der Waals surface area contributed by atoms with Crippen molar-refractivity contribution >= 4 is 41.8 Å².